The lowest BCUT2D eigenvalue weighted by molar-refractivity contribution is -0.0102. The Morgan fingerprint density at radius 3 is 2.25 bits per heavy atom. The molecule has 0 spiro atoms. The van der Waals surface area contributed by atoms with E-state index in [0.29, 0.717) is 19.8 Å². The molecule has 3 N–H and O–H groups in total. The van der Waals surface area contributed by atoms with E-state index in [0.717, 1.165) is 22.9 Å². The first-order valence-electron chi connectivity index (χ1n) is 7.94. The molecule has 4 saturated carbocycles. The second kappa shape index (κ2) is 6.16. The van der Waals surface area contributed by atoms with Crippen LogP contribution in [-0.4, -0.2) is 42.1 Å². The monoisotopic (exact) mass is 298 g/mol. The van der Waals surface area contributed by atoms with Gasteiger partial charge in [0.25, 0.3) is 0 Å². The second-order valence-electron chi connectivity index (χ2n) is 6.91. The van der Waals surface area contributed by atoms with Gasteiger partial charge in [0.05, 0.1) is 19.8 Å². The van der Waals surface area contributed by atoms with Gasteiger partial charge in [0, 0.05) is 12.1 Å². The summed E-state index contributed by atoms with van der Waals surface area (Å²) in [7, 11) is 0. The normalized spacial score (nSPS) is 38.0. The number of rotatable bonds is 6. The van der Waals surface area contributed by atoms with Crippen LogP contribution in [0.15, 0.2) is 0 Å². The van der Waals surface area contributed by atoms with Gasteiger partial charge in [0.15, 0.2) is 5.11 Å². The highest BCUT2D eigenvalue weighted by Crippen LogP contribution is 2.55. The Morgan fingerprint density at radius 2 is 1.70 bits per heavy atom. The van der Waals surface area contributed by atoms with Gasteiger partial charge in [-0.1, -0.05) is 0 Å². The molecule has 20 heavy (non-hydrogen) atoms. The van der Waals surface area contributed by atoms with Crippen LogP contribution in [0.3, 0.4) is 0 Å². The fraction of sp³-hybridized carbons (Fsp3) is 0.933. The van der Waals surface area contributed by atoms with Gasteiger partial charge in [-0.25, -0.2) is 0 Å². The van der Waals surface area contributed by atoms with E-state index in [2.05, 4.69) is 10.6 Å². The van der Waals surface area contributed by atoms with Crippen molar-refractivity contribution in [2.24, 2.45) is 17.8 Å². The average Bonchev–Trinajstić information content (AvgIpc) is 2.36. The predicted molar refractivity (Wildman–Crippen MR) is 82.5 cm³/mol. The SMILES string of the molecule is OCCOCCNC(=S)NC12CC3CC(CC(C3)C1)C2. The van der Waals surface area contributed by atoms with Gasteiger partial charge in [-0.15, -0.1) is 0 Å². The molecule has 0 atom stereocenters. The van der Waals surface area contributed by atoms with Crippen LogP contribution in [0.25, 0.3) is 0 Å². The van der Waals surface area contributed by atoms with E-state index in [9.17, 15) is 0 Å². The van der Waals surface area contributed by atoms with E-state index in [1.807, 2.05) is 0 Å². The standard InChI is InChI=1S/C15H26N2O2S/c18-2-4-19-3-1-16-14(20)17-15-8-11-5-12(9-15)7-13(6-11)10-15/h11-13,18H,1-10H2,(H2,16,17,20). The molecule has 0 aromatic heterocycles. The molecule has 4 aliphatic carbocycles. The number of hydrogen-bond donors (Lipinski definition) is 3. The summed E-state index contributed by atoms with van der Waals surface area (Å²) in [5.74, 6) is 2.80. The Balaban J connectivity index is 1.44. The summed E-state index contributed by atoms with van der Waals surface area (Å²) in [6.45, 7) is 1.77. The van der Waals surface area contributed by atoms with Crippen LogP contribution in [0.4, 0.5) is 0 Å². The predicted octanol–water partition coefficient (Wildman–Crippen LogP) is 1.43. The Labute approximate surface area is 126 Å². The summed E-state index contributed by atoms with van der Waals surface area (Å²) in [5, 5.41) is 16.3. The van der Waals surface area contributed by atoms with Crippen molar-refractivity contribution in [3.63, 3.8) is 0 Å². The van der Waals surface area contributed by atoms with Crippen LogP contribution in [-0.2, 0) is 4.74 Å². The fourth-order valence-corrected chi connectivity index (χ4v) is 5.27. The van der Waals surface area contributed by atoms with Crippen LogP contribution in [0, 0.1) is 17.8 Å². The van der Waals surface area contributed by atoms with Crippen molar-refractivity contribution in [1.82, 2.24) is 10.6 Å². The van der Waals surface area contributed by atoms with Gasteiger partial charge in [-0.05, 0) is 68.5 Å². The third-order valence-corrected chi connectivity index (χ3v) is 5.43. The number of aliphatic hydroxyl groups excluding tert-OH is 1. The molecule has 4 nitrogen and oxygen atoms in total. The Hall–Kier alpha value is -0.390. The number of aliphatic hydroxyl groups is 1. The molecule has 4 fully saturated rings. The molecular formula is C15H26N2O2S. The zero-order chi connectivity index (χ0) is 14.0. The summed E-state index contributed by atoms with van der Waals surface area (Å²) in [5.41, 5.74) is 0.283. The minimum atomic E-state index is 0.0793. The van der Waals surface area contributed by atoms with E-state index in [1.54, 1.807) is 0 Å². The number of hydrogen-bond acceptors (Lipinski definition) is 3. The molecule has 0 aliphatic heterocycles. The van der Waals surface area contributed by atoms with Gasteiger partial charge in [-0.3, -0.25) is 0 Å². The molecule has 4 aliphatic rings. The van der Waals surface area contributed by atoms with Crippen molar-refractivity contribution < 1.29 is 9.84 Å². The molecular weight excluding hydrogens is 272 g/mol. The molecule has 5 heteroatoms. The van der Waals surface area contributed by atoms with Crippen LogP contribution in [0.5, 0.6) is 0 Å². The lowest BCUT2D eigenvalue weighted by Gasteiger charge is -2.57. The summed E-state index contributed by atoms with van der Waals surface area (Å²) in [4.78, 5) is 0. The van der Waals surface area contributed by atoms with E-state index in [4.69, 9.17) is 22.1 Å². The topological polar surface area (TPSA) is 53.5 Å². The Kier molecular flexibility index (Phi) is 4.48. The molecule has 0 aromatic rings. The van der Waals surface area contributed by atoms with Crippen LogP contribution >= 0.6 is 12.2 Å². The summed E-state index contributed by atoms with van der Waals surface area (Å²) >= 11 is 5.44. The highest BCUT2D eigenvalue weighted by atomic mass is 32.1. The van der Waals surface area contributed by atoms with E-state index >= 15 is 0 Å². The average molecular weight is 298 g/mol. The zero-order valence-corrected chi connectivity index (χ0v) is 12.9. The van der Waals surface area contributed by atoms with Crippen molar-refractivity contribution in [3.05, 3.63) is 0 Å². The molecule has 0 heterocycles. The number of ether oxygens (including phenoxy) is 1. The van der Waals surface area contributed by atoms with Crippen molar-refractivity contribution in [2.45, 2.75) is 44.1 Å². The fourth-order valence-electron chi connectivity index (χ4n) is 4.95. The van der Waals surface area contributed by atoms with Crippen molar-refractivity contribution in [3.8, 4) is 0 Å². The summed E-state index contributed by atoms with van der Waals surface area (Å²) in [6.07, 6.45) is 8.29. The first-order valence-corrected chi connectivity index (χ1v) is 8.34. The quantitative estimate of drug-likeness (QED) is 0.512. The minimum absolute atomic E-state index is 0.0793. The van der Waals surface area contributed by atoms with Crippen molar-refractivity contribution in [1.29, 1.82) is 0 Å². The molecule has 0 saturated heterocycles. The summed E-state index contributed by atoms with van der Waals surface area (Å²) < 4.78 is 5.23. The maximum atomic E-state index is 8.63. The molecule has 0 radical (unpaired) electrons. The summed E-state index contributed by atoms with van der Waals surface area (Å²) in [6, 6.07) is 0. The van der Waals surface area contributed by atoms with E-state index in [-0.39, 0.29) is 12.1 Å². The maximum absolute atomic E-state index is 8.63. The lowest BCUT2D eigenvalue weighted by atomic mass is 9.53. The molecule has 0 amide bonds. The third-order valence-electron chi connectivity index (χ3n) is 5.18. The van der Waals surface area contributed by atoms with Gasteiger partial charge in [-0.2, -0.15) is 0 Å². The molecule has 0 aromatic carbocycles. The molecule has 4 rings (SSSR count). The molecule has 114 valence electrons. The van der Waals surface area contributed by atoms with Crippen LogP contribution in [0.2, 0.25) is 0 Å². The zero-order valence-electron chi connectivity index (χ0n) is 12.1. The number of thiocarbonyl (C=S) groups is 1. The van der Waals surface area contributed by atoms with Crippen molar-refractivity contribution >= 4 is 17.3 Å². The van der Waals surface area contributed by atoms with E-state index < -0.39 is 0 Å². The Morgan fingerprint density at radius 1 is 1.10 bits per heavy atom. The van der Waals surface area contributed by atoms with Gasteiger partial charge in [0.2, 0.25) is 0 Å². The Bertz CT molecular complexity index is 326. The first-order chi connectivity index (χ1) is 9.69. The molecule has 4 bridgehead atoms. The van der Waals surface area contributed by atoms with Gasteiger partial charge in [0.1, 0.15) is 0 Å². The third kappa shape index (κ3) is 3.26. The van der Waals surface area contributed by atoms with Gasteiger partial charge < -0.3 is 20.5 Å². The highest BCUT2D eigenvalue weighted by Gasteiger charge is 2.51. The second-order valence-corrected chi connectivity index (χ2v) is 7.32. The van der Waals surface area contributed by atoms with E-state index in [1.165, 1.54) is 38.5 Å². The minimum Gasteiger partial charge on any atom is -0.394 e. The lowest BCUT2D eigenvalue weighted by Crippen LogP contribution is -2.61. The van der Waals surface area contributed by atoms with Crippen LogP contribution < -0.4 is 10.6 Å². The maximum Gasteiger partial charge on any atom is 0.166 e. The largest absolute Gasteiger partial charge is 0.394 e. The number of nitrogens with one attached hydrogen (secondary N) is 2. The van der Waals surface area contributed by atoms with Crippen molar-refractivity contribution in [2.75, 3.05) is 26.4 Å². The molecule has 0 unspecified atom stereocenters. The van der Waals surface area contributed by atoms with Gasteiger partial charge >= 0.3 is 0 Å². The highest BCUT2D eigenvalue weighted by molar-refractivity contribution is 7.80. The first kappa shape index (κ1) is 14.5. The van der Waals surface area contributed by atoms with Crippen LogP contribution in [0.1, 0.15) is 38.5 Å². The smallest absolute Gasteiger partial charge is 0.166 e.